The molecule has 0 radical (unpaired) electrons. The number of carbonyl (C=O) groups excluding carboxylic acids is 2. The third-order valence-electron chi connectivity index (χ3n) is 5.43. The highest BCUT2D eigenvalue weighted by molar-refractivity contribution is 6.30. The van der Waals surface area contributed by atoms with E-state index in [1.54, 1.807) is 24.3 Å². The van der Waals surface area contributed by atoms with Crippen LogP contribution in [0.3, 0.4) is 0 Å². The third-order valence-corrected chi connectivity index (χ3v) is 5.68. The average molecular weight is 486 g/mol. The van der Waals surface area contributed by atoms with E-state index in [2.05, 4.69) is 15.7 Å². The molecule has 0 aliphatic carbocycles. The number of amides is 3. The van der Waals surface area contributed by atoms with Gasteiger partial charge in [0.25, 0.3) is 5.56 Å². The molecular weight excluding hydrogens is 465 g/mol. The number of nitrogens with one attached hydrogen (secondary N) is 2. The van der Waals surface area contributed by atoms with Crippen molar-refractivity contribution < 1.29 is 18.7 Å². The zero-order valence-electron chi connectivity index (χ0n) is 18.1. The summed E-state index contributed by atoms with van der Waals surface area (Å²) in [5, 5.41) is 9.69. The van der Waals surface area contributed by atoms with Crippen molar-refractivity contribution in [2.45, 2.75) is 18.6 Å². The summed E-state index contributed by atoms with van der Waals surface area (Å²) in [4.78, 5) is 39.1. The highest BCUT2D eigenvalue weighted by Crippen LogP contribution is 2.25. The summed E-state index contributed by atoms with van der Waals surface area (Å²) in [7, 11) is 1.50. The van der Waals surface area contributed by atoms with Gasteiger partial charge < -0.3 is 20.3 Å². The van der Waals surface area contributed by atoms with Gasteiger partial charge in [0, 0.05) is 49.1 Å². The van der Waals surface area contributed by atoms with E-state index in [0.717, 1.165) is 10.7 Å². The van der Waals surface area contributed by atoms with Gasteiger partial charge >= 0.3 is 6.03 Å². The molecule has 1 fully saturated rings. The highest BCUT2D eigenvalue weighted by atomic mass is 35.5. The molecule has 2 N–H and O–H groups in total. The van der Waals surface area contributed by atoms with E-state index >= 15 is 0 Å². The van der Waals surface area contributed by atoms with Gasteiger partial charge in [-0.1, -0.05) is 11.6 Å². The Hall–Kier alpha value is -3.76. The molecular formula is C23H21ClFN5O4. The minimum absolute atomic E-state index is 0.0864. The topological polar surface area (TPSA) is 106 Å². The lowest BCUT2D eigenvalue weighted by atomic mass is 10.1. The Kier molecular flexibility index (Phi) is 6.90. The molecule has 1 aliphatic rings. The summed E-state index contributed by atoms with van der Waals surface area (Å²) < 4.78 is 21.1. The van der Waals surface area contributed by atoms with Crippen molar-refractivity contribution >= 4 is 34.9 Å². The second-order valence-electron chi connectivity index (χ2n) is 7.63. The minimum atomic E-state index is -0.880. The number of nitrogens with zero attached hydrogens (tertiary/aromatic N) is 3. The number of methoxy groups -OCH3 is 1. The predicted molar refractivity (Wildman–Crippen MR) is 125 cm³/mol. The van der Waals surface area contributed by atoms with E-state index < -0.39 is 29.4 Å². The maximum Gasteiger partial charge on any atom is 0.322 e. The van der Waals surface area contributed by atoms with Gasteiger partial charge in [0.1, 0.15) is 11.9 Å². The van der Waals surface area contributed by atoms with Crippen molar-refractivity contribution in [2.75, 3.05) is 24.3 Å². The van der Waals surface area contributed by atoms with Crippen molar-refractivity contribution in [1.29, 1.82) is 0 Å². The molecule has 3 aromatic rings. The normalized spacial score (nSPS) is 17.4. The smallest absolute Gasteiger partial charge is 0.322 e. The van der Waals surface area contributed by atoms with E-state index in [1.807, 2.05) is 0 Å². The number of ether oxygens (including phenoxy) is 1. The van der Waals surface area contributed by atoms with Gasteiger partial charge in [0.05, 0.1) is 17.5 Å². The lowest BCUT2D eigenvalue weighted by Gasteiger charge is -2.24. The quantitative estimate of drug-likeness (QED) is 0.577. The predicted octanol–water partition coefficient (Wildman–Crippen LogP) is 3.28. The fourth-order valence-electron chi connectivity index (χ4n) is 3.67. The second kappa shape index (κ2) is 10.0. The Morgan fingerprint density at radius 2 is 1.91 bits per heavy atom. The number of hydrogen-bond acceptors (Lipinski definition) is 5. The standard InChI is InChI=1S/C23H21ClFN5O4/c1-34-17-12-20(29(13-17)23(33)27-15-6-4-14(24)5-7-15)22(32)28-19-9-8-16(11-18(19)25)30-21(31)3-2-10-26-30/h2-11,17,20H,12-13H2,1H3,(H,27,33)(H,28,32)/t17-,20-/m1/s1. The van der Waals surface area contributed by atoms with Gasteiger partial charge in [-0.2, -0.15) is 9.78 Å². The zero-order valence-corrected chi connectivity index (χ0v) is 18.8. The third kappa shape index (κ3) is 5.08. The summed E-state index contributed by atoms with van der Waals surface area (Å²) in [6.07, 6.45) is 1.31. The first kappa shape index (κ1) is 23.4. The molecule has 4 rings (SSSR count). The number of likely N-dealkylation sites (tertiary alicyclic amines) is 1. The first-order valence-corrected chi connectivity index (χ1v) is 10.7. The molecule has 34 heavy (non-hydrogen) atoms. The molecule has 1 saturated heterocycles. The van der Waals surface area contributed by atoms with E-state index in [4.69, 9.17) is 16.3 Å². The fourth-order valence-corrected chi connectivity index (χ4v) is 3.80. The number of halogens is 2. The van der Waals surface area contributed by atoms with Crippen LogP contribution in [0.4, 0.5) is 20.6 Å². The summed E-state index contributed by atoms with van der Waals surface area (Å²) in [5.41, 5.74) is 0.223. The molecule has 2 atom stereocenters. The molecule has 0 saturated carbocycles. The van der Waals surface area contributed by atoms with Crippen LogP contribution in [0, 0.1) is 5.82 Å². The number of urea groups is 1. The zero-order chi connectivity index (χ0) is 24.2. The maximum absolute atomic E-state index is 14.7. The van der Waals surface area contributed by atoms with Crippen LogP contribution in [0.5, 0.6) is 0 Å². The summed E-state index contributed by atoms with van der Waals surface area (Å²) in [6.45, 7) is 0.192. The van der Waals surface area contributed by atoms with Gasteiger partial charge in [-0.15, -0.1) is 0 Å². The van der Waals surface area contributed by atoms with Crippen molar-refractivity contribution in [3.05, 3.63) is 82.0 Å². The second-order valence-corrected chi connectivity index (χ2v) is 8.06. The van der Waals surface area contributed by atoms with E-state index in [9.17, 15) is 18.8 Å². The van der Waals surface area contributed by atoms with E-state index in [1.165, 1.54) is 42.5 Å². The molecule has 11 heteroatoms. The largest absolute Gasteiger partial charge is 0.380 e. The fraction of sp³-hybridized carbons (Fsp3) is 0.217. The summed E-state index contributed by atoms with van der Waals surface area (Å²) >= 11 is 5.88. The van der Waals surface area contributed by atoms with Gasteiger partial charge in [0.15, 0.2) is 0 Å². The Labute approximate surface area is 199 Å². The van der Waals surface area contributed by atoms with Crippen LogP contribution in [-0.4, -0.2) is 52.4 Å². The summed E-state index contributed by atoms with van der Waals surface area (Å²) in [6, 6.07) is 11.9. The number of aromatic nitrogens is 2. The Morgan fingerprint density at radius 1 is 1.15 bits per heavy atom. The first-order valence-electron chi connectivity index (χ1n) is 10.4. The Bertz CT molecular complexity index is 1270. The number of anilines is 2. The molecule has 9 nitrogen and oxygen atoms in total. The SMILES string of the molecule is CO[C@@H]1C[C@H](C(=O)Nc2ccc(-n3ncccc3=O)cc2F)N(C(=O)Nc2ccc(Cl)cc2)C1. The minimum Gasteiger partial charge on any atom is -0.380 e. The monoisotopic (exact) mass is 485 g/mol. The maximum atomic E-state index is 14.7. The lowest BCUT2D eigenvalue weighted by molar-refractivity contribution is -0.119. The Morgan fingerprint density at radius 3 is 2.59 bits per heavy atom. The van der Waals surface area contributed by atoms with Gasteiger partial charge in [-0.05, 0) is 42.5 Å². The van der Waals surface area contributed by atoms with Crippen LogP contribution in [0.1, 0.15) is 6.42 Å². The molecule has 2 heterocycles. The molecule has 3 amide bonds. The van der Waals surface area contributed by atoms with Crippen LogP contribution in [-0.2, 0) is 9.53 Å². The molecule has 1 aromatic heterocycles. The highest BCUT2D eigenvalue weighted by Gasteiger charge is 2.40. The lowest BCUT2D eigenvalue weighted by Crippen LogP contribution is -2.45. The van der Waals surface area contributed by atoms with Crippen molar-refractivity contribution in [1.82, 2.24) is 14.7 Å². The molecule has 0 unspecified atom stereocenters. The van der Waals surface area contributed by atoms with Crippen molar-refractivity contribution in [2.24, 2.45) is 0 Å². The van der Waals surface area contributed by atoms with Gasteiger partial charge in [0.2, 0.25) is 5.91 Å². The summed E-state index contributed by atoms with van der Waals surface area (Å²) in [5.74, 6) is -1.31. The van der Waals surface area contributed by atoms with Gasteiger partial charge in [-0.25, -0.2) is 9.18 Å². The number of carbonyl (C=O) groups is 2. The van der Waals surface area contributed by atoms with Crippen LogP contribution >= 0.6 is 11.6 Å². The molecule has 1 aliphatic heterocycles. The van der Waals surface area contributed by atoms with Crippen LogP contribution in [0.15, 0.2) is 65.6 Å². The van der Waals surface area contributed by atoms with Crippen LogP contribution < -0.4 is 16.2 Å². The van der Waals surface area contributed by atoms with Crippen LogP contribution in [0.25, 0.3) is 5.69 Å². The van der Waals surface area contributed by atoms with Gasteiger partial charge in [-0.3, -0.25) is 9.59 Å². The molecule has 0 spiro atoms. The van der Waals surface area contributed by atoms with Crippen molar-refractivity contribution in [3.8, 4) is 5.69 Å². The number of rotatable bonds is 5. The average Bonchev–Trinajstić information content (AvgIpc) is 3.27. The molecule has 0 bridgehead atoms. The van der Waals surface area contributed by atoms with E-state index in [-0.39, 0.29) is 30.4 Å². The Balaban J connectivity index is 1.50. The van der Waals surface area contributed by atoms with Crippen molar-refractivity contribution in [3.63, 3.8) is 0 Å². The number of hydrogen-bond donors (Lipinski definition) is 2. The molecule has 176 valence electrons. The van der Waals surface area contributed by atoms with Crippen LogP contribution in [0.2, 0.25) is 5.02 Å². The number of benzene rings is 2. The van der Waals surface area contributed by atoms with E-state index in [0.29, 0.717) is 10.7 Å². The molecule has 2 aromatic carbocycles. The first-order chi connectivity index (χ1) is 16.4.